The van der Waals surface area contributed by atoms with Crippen molar-refractivity contribution >= 4 is 17.5 Å². The van der Waals surface area contributed by atoms with Crippen molar-refractivity contribution in [2.45, 2.75) is 38.3 Å². The highest BCUT2D eigenvalue weighted by molar-refractivity contribution is 6.01. The molecule has 1 aliphatic heterocycles. The summed E-state index contributed by atoms with van der Waals surface area (Å²) in [6.45, 7) is 1.00. The summed E-state index contributed by atoms with van der Waals surface area (Å²) >= 11 is 0. The van der Waals surface area contributed by atoms with Crippen LogP contribution in [-0.4, -0.2) is 27.4 Å². The zero-order chi connectivity index (χ0) is 24.0. The monoisotopic (exact) mass is 464 g/mol. The fraction of sp³-hybridized carbons (Fsp3) is 0.207. The molecule has 4 aromatic rings. The van der Waals surface area contributed by atoms with Crippen LogP contribution >= 0.6 is 0 Å². The van der Waals surface area contributed by atoms with Crippen LogP contribution in [0.15, 0.2) is 91.1 Å². The summed E-state index contributed by atoms with van der Waals surface area (Å²) in [6, 6.07) is 25.6. The largest absolute Gasteiger partial charge is 0.340 e. The number of hydrogen-bond acceptors (Lipinski definition) is 3. The molecular weight excluding hydrogens is 436 g/mol. The number of hydrogen-bond donors (Lipinski definition) is 2. The average molecular weight is 465 g/mol. The van der Waals surface area contributed by atoms with Gasteiger partial charge in [-0.05, 0) is 42.7 Å². The van der Waals surface area contributed by atoms with E-state index in [9.17, 15) is 9.59 Å². The number of nitrogens with zero attached hydrogens (tertiary/aromatic N) is 2. The van der Waals surface area contributed by atoms with E-state index in [1.807, 2.05) is 60.7 Å². The summed E-state index contributed by atoms with van der Waals surface area (Å²) in [5.74, 6) is 0.575. The number of benzene rings is 3. The molecule has 0 spiro atoms. The molecule has 3 aromatic carbocycles. The van der Waals surface area contributed by atoms with Crippen molar-refractivity contribution in [3.05, 3.63) is 108 Å². The molecule has 0 saturated carbocycles. The number of aromatic nitrogens is 2. The first-order valence-electron chi connectivity index (χ1n) is 12.0. The molecule has 1 unspecified atom stereocenters. The minimum absolute atomic E-state index is 0.264. The summed E-state index contributed by atoms with van der Waals surface area (Å²) in [5, 5.41) is 5.92. The van der Waals surface area contributed by atoms with E-state index < -0.39 is 6.04 Å². The minimum Gasteiger partial charge on any atom is -0.340 e. The lowest BCUT2D eigenvalue weighted by Crippen LogP contribution is -2.45. The van der Waals surface area contributed by atoms with E-state index in [1.165, 1.54) is 12.8 Å². The molecule has 0 fully saturated rings. The lowest BCUT2D eigenvalue weighted by molar-refractivity contribution is -0.118. The lowest BCUT2D eigenvalue weighted by atomic mass is 10.0. The van der Waals surface area contributed by atoms with Crippen molar-refractivity contribution < 1.29 is 9.59 Å². The third-order valence-electron chi connectivity index (χ3n) is 6.27. The fourth-order valence-corrected chi connectivity index (χ4v) is 4.43. The summed E-state index contributed by atoms with van der Waals surface area (Å²) < 4.78 is 2.22. The summed E-state index contributed by atoms with van der Waals surface area (Å²) in [7, 11) is 0. The fourth-order valence-electron chi connectivity index (χ4n) is 4.43. The Hall–Kier alpha value is -4.19. The number of anilines is 1. The van der Waals surface area contributed by atoms with Gasteiger partial charge in [-0.25, -0.2) is 4.98 Å². The van der Waals surface area contributed by atoms with Gasteiger partial charge in [0, 0.05) is 42.4 Å². The number of nitrogens with one attached hydrogen (secondary N) is 2. The minimum atomic E-state index is -0.728. The second kappa shape index (κ2) is 10.4. The quantitative estimate of drug-likeness (QED) is 0.410. The Balaban J connectivity index is 1.35. The van der Waals surface area contributed by atoms with Crippen LogP contribution in [0.1, 0.15) is 34.6 Å². The van der Waals surface area contributed by atoms with Crippen LogP contribution in [0.5, 0.6) is 0 Å². The molecule has 176 valence electrons. The van der Waals surface area contributed by atoms with Crippen LogP contribution in [0, 0.1) is 0 Å². The molecule has 1 atom stereocenters. The predicted molar refractivity (Wildman–Crippen MR) is 137 cm³/mol. The molecule has 0 radical (unpaired) electrons. The van der Waals surface area contributed by atoms with Gasteiger partial charge >= 0.3 is 0 Å². The molecular formula is C29H28N4O2. The van der Waals surface area contributed by atoms with E-state index in [2.05, 4.69) is 21.4 Å². The van der Waals surface area contributed by atoms with Crippen molar-refractivity contribution in [2.24, 2.45) is 0 Å². The molecule has 6 heteroatoms. The number of rotatable bonds is 7. The molecule has 2 N–H and O–H groups in total. The Labute approximate surface area is 205 Å². The van der Waals surface area contributed by atoms with E-state index in [1.54, 1.807) is 24.3 Å². The maximum atomic E-state index is 13.3. The molecule has 2 heterocycles. The van der Waals surface area contributed by atoms with E-state index >= 15 is 0 Å². The molecule has 0 saturated heterocycles. The number of fused-ring (bicyclic) bond motifs is 1. The van der Waals surface area contributed by atoms with Crippen molar-refractivity contribution in [3.8, 4) is 11.3 Å². The van der Waals surface area contributed by atoms with E-state index in [0.29, 0.717) is 17.7 Å². The van der Waals surface area contributed by atoms with Crippen molar-refractivity contribution in [1.29, 1.82) is 0 Å². The van der Waals surface area contributed by atoms with Crippen molar-refractivity contribution in [3.63, 3.8) is 0 Å². The van der Waals surface area contributed by atoms with Gasteiger partial charge in [0.15, 0.2) is 0 Å². The topological polar surface area (TPSA) is 76.0 Å². The number of carbonyl (C=O) groups excluding carboxylic acids is 2. The second-order valence-corrected chi connectivity index (χ2v) is 8.84. The van der Waals surface area contributed by atoms with Crippen molar-refractivity contribution in [1.82, 2.24) is 14.9 Å². The summed E-state index contributed by atoms with van der Waals surface area (Å²) in [6.07, 6.45) is 5.82. The number of imidazole rings is 1. The molecule has 0 aliphatic carbocycles. The first-order chi connectivity index (χ1) is 17.2. The predicted octanol–water partition coefficient (Wildman–Crippen LogP) is 4.87. The number of amides is 2. The average Bonchev–Trinajstić information content (AvgIpc) is 3.34. The normalized spacial score (nSPS) is 13.5. The first-order valence-corrected chi connectivity index (χ1v) is 12.0. The lowest BCUT2D eigenvalue weighted by Gasteiger charge is -2.19. The smallest absolute Gasteiger partial charge is 0.251 e. The molecule has 1 aliphatic rings. The maximum absolute atomic E-state index is 13.3. The summed E-state index contributed by atoms with van der Waals surface area (Å²) in [5.41, 5.74) is 4.03. The van der Waals surface area contributed by atoms with Gasteiger partial charge in [-0.2, -0.15) is 0 Å². The van der Waals surface area contributed by atoms with Gasteiger partial charge in [0.2, 0.25) is 5.91 Å². The van der Waals surface area contributed by atoms with Gasteiger partial charge in [0.05, 0.1) is 5.69 Å². The Kier molecular flexibility index (Phi) is 6.70. The van der Waals surface area contributed by atoms with Crippen LogP contribution in [0.25, 0.3) is 11.3 Å². The molecule has 35 heavy (non-hydrogen) atoms. The highest BCUT2D eigenvalue weighted by Gasteiger charge is 2.22. The van der Waals surface area contributed by atoms with Gasteiger partial charge in [0.1, 0.15) is 11.9 Å². The zero-order valence-electron chi connectivity index (χ0n) is 19.5. The zero-order valence-corrected chi connectivity index (χ0v) is 19.5. The van der Waals surface area contributed by atoms with Gasteiger partial charge < -0.3 is 15.2 Å². The molecule has 1 aromatic heterocycles. The van der Waals surface area contributed by atoms with Gasteiger partial charge in [0.25, 0.3) is 5.91 Å². The Morgan fingerprint density at radius 2 is 1.69 bits per heavy atom. The molecule has 5 rings (SSSR count). The van der Waals surface area contributed by atoms with Crippen LogP contribution < -0.4 is 10.6 Å². The maximum Gasteiger partial charge on any atom is 0.251 e. The molecule has 2 amide bonds. The van der Waals surface area contributed by atoms with Crippen LogP contribution in [0.3, 0.4) is 0 Å². The van der Waals surface area contributed by atoms with Gasteiger partial charge in [-0.15, -0.1) is 0 Å². The summed E-state index contributed by atoms with van der Waals surface area (Å²) in [4.78, 5) is 31.0. The number of carbonyl (C=O) groups is 2. The molecule has 0 bridgehead atoms. The van der Waals surface area contributed by atoms with E-state index in [4.69, 9.17) is 4.98 Å². The highest BCUT2D eigenvalue weighted by Crippen LogP contribution is 2.25. The third kappa shape index (κ3) is 5.49. The van der Waals surface area contributed by atoms with E-state index in [-0.39, 0.29) is 11.8 Å². The third-order valence-corrected chi connectivity index (χ3v) is 6.27. The van der Waals surface area contributed by atoms with Gasteiger partial charge in [-0.1, -0.05) is 60.7 Å². The van der Waals surface area contributed by atoms with Crippen molar-refractivity contribution in [2.75, 3.05) is 5.32 Å². The van der Waals surface area contributed by atoms with Gasteiger partial charge in [-0.3, -0.25) is 9.59 Å². The first kappa shape index (κ1) is 22.6. The van der Waals surface area contributed by atoms with Crippen LogP contribution in [-0.2, 0) is 24.2 Å². The SMILES string of the molecule is O=C(NC(Cc1ccccc1)C(=O)Nc1cccc(-c2cn3c(n2)CCCC3)c1)c1ccccc1. The van der Waals surface area contributed by atoms with Crippen LogP contribution in [0.2, 0.25) is 0 Å². The second-order valence-electron chi connectivity index (χ2n) is 8.84. The molecule has 6 nitrogen and oxygen atoms in total. The Morgan fingerprint density at radius 1 is 0.914 bits per heavy atom. The highest BCUT2D eigenvalue weighted by atomic mass is 16.2. The van der Waals surface area contributed by atoms with E-state index in [0.717, 1.165) is 35.6 Å². The Bertz CT molecular complexity index is 1290. The van der Waals surface area contributed by atoms with Crippen LogP contribution in [0.4, 0.5) is 5.69 Å². The Morgan fingerprint density at radius 3 is 2.46 bits per heavy atom. The number of aryl methyl sites for hydroxylation is 2. The standard InChI is InChI=1S/C29H28N4O2/c34-28(22-12-5-2-6-13-22)32-25(18-21-10-3-1-4-11-21)29(35)30-24-15-9-14-23(19-24)26-20-33-17-8-7-16-27(33)31-26/h1-6,9-15,19-20,25H,7-8,16-18H2,(H,30,35)(H,32,34).